The van der Waals surface area contributed by atoms with E-state index in [2.05, 4.69) is 49.0 Å². The van der Waals surface area contributed by atoms with E-state index in [1.807, 2.05) is 0 Å². The van der Waals surface area contributed by atoms with Gasteiger partial charge in [-0.05, 0) is 46.8 Å². The lowest BCUT2D eigenvalue weighted by atomic mass is 9.96. The molecule has 1 saturated heterocycles. The SMILES string of the molecule is Brc1c(-c2cccs2)n[nH]c1C1CCCNC1. The van der Waals surface area contributed by atoms with Crippen LogP contribution in [0.3, 0.4) is 0 Å². The fraction of sp³-hybridized carbons (Fsp3) is 0.417. The minimum Gasteiger partial charge on any atom is -0.316 e. The zero-order valence-electron chi connectivity index (χ0n) is 9.37. The molecule has 0 aromatic carbocycles. The monoisotopic (exact) mass is 311 g/mol. The second-order valence-corrected chi connectivity index (χ2v) is 6.06. The van der Waals surface area contributed by atoms with Crippen LogP contribution in [0.2, 0.25) is 0 Å². The van der Waals surface area contributed by atoms with Crippen molar-refractivity contribution in [2.75, 3.05) is 13.1 Å². The van der Waals surface area contributed by atoms with E-state index < -0.39 is 0 Å². The van der Waals surface area contributed by atoms with E-state index >= 15 is 0 Å². The number of nitrogens with zero attached hydrogens (tertiary/aromatic N) is 1. The molecular formula is C12H14BrN3S. The van der Waals surface area contributed by atoms with E-state index in [1.54, 1.807) is 11.3 Å². The van der Waals surface area contributed by atoms with Crippen molar-refractivity contribution in [3.63, 3.8) is 0 Å². The quantitative estimate of drug-likeness (QED) is 0.892. The number of piperidine rings is 1. The Hall–Kier alpha value is -0.650. The summed E-state index contributed by atoms with van der Waals surface area (Å²) < 4.78 is 1.13. The summed E-state index contributed by atoms with van der Waals surface area (Å²) in [6.45, 7) is 2.19. The molecule has 1 fully saturated rings. The first-order valence-electron chi connectivity index (χ1n) is 5.84. The second-order valence-electron chi connectivity index (χ2n) is 4.32. The maximum atomic E-state index is 4.44. The van der Waals surface area contributed by atoms with E-state index in [0.29, 0.717) is 5.92 Å². The molecule has 1 aliphatic heterocycles. The lowest BCUT2D eigenvalue weighted by molar-refractivity contribution is 0.453. The van der Waals surface area contributed by atoms with Gasteiger partial charge in [-0.15, -0.1) is 11.3 Å². The highest BCUT2D eigenvalue weighted by Crippen LogP contribution is 2.36. The lowest BCUT2D eigenvalue weighted by Crippen LogP contribution is -2.28. The van der Waals surface area contributed by atoms with Crippen LogP contribution in [-0.2, 0) is 0 Å². The van der Waals surface area contributed by atoms with Crippen molar-refractivity contribution in [3.05, 3.63) is 27.7 Å². The Bertz CT molecular complexity index is 486. The molecule has 3 heterocycles. The Morgan fingerprint density at radius 2 is 2.41 bits per heavy atom. The Kier molecular flexibility index (Phi) is 3.31. The molecule has 3 nitrogen and oxygen atoms in total. The third kappa shape index (κ3) is 2.19. The number of aromatic nitrogens is 2. The second kappa shape index (κ2) is 4.92. The summed E-state index contributed by atoms with van der Waals surface area (Å²) in [5, 5.41) is 13.2. The highest BCUT2D eigenvalue weighted by molar-refractivity contribution is 9.10. The maximum Gasteiger partial charge on any atom is 0.116 e. The van der Waals surface area contributed by atoms with Gasteiger partial charge in [0.05, 0.1) is 15.0 Å². The number of nitrogens with one attached hydrogen (secondary N) is 2. The van der Waals surface area contributed by atoms with Crippen molar-refractivity contribution in [1.29, 1.82) is 0 Å². The number of thiophene rings is 1. The van der Waals surface area contributed by atoms with Crippen molar-refractivity contribution in [2.24, 2.45) is 0 Å². The Labute approximate surface area is 113 Å². The number of halogens is 1. The van der Waals surface area contributed by atoms with Gasteiger partial charge in [0.25, 0.3) is 0 Å². The van der Waals surface area contributed by atoms with Gasteiger partial charge in [-0.2, -0.15) is 5.10 Å². The fourth-order valence-corrected chi connectivity index (χ4v) is 3.85. The van der Waals surface area contributed by atoms with E-state index in [9.17, 15) is 0 Å². The number of H-pyrrole nitrogens is 1. The largest absolute Gasteiger partial charge is 0.316 e. The van der Waals surface area contributed by atoms with Crippen LogP contribution in [0.4, 0.5) is 0 Å². The summed E-state index contributed by atoms with van der Waals surface area (Å²) in [5.74, 6) is 0.555. The first-order valence-corrected chi connectivity index (χ1v) is 7.52. The van der Waals surface area contributed by atoms with E-state index in [4.69, 9.17) is 0 Å². The molecule has 1 unspecified atom stereocenters. The van der Waals surface area contributed by atoms with Crippen LogP contribution in [-0.4, -0.2) is 23.3 Å². The average Bonchev–Trinajstić information content (AvgIpc) is 2.99. The first kappa shape index (κ1) is 11.4. The van der Waals surface area contributed by atoms with Gasteiger partial charge in [-0.1, -0.05) is 6.07 Å². The van der Waals surface area contributed by atoms with Crippen molar-refractivity contribution in [1.82, 2.24) is 15.5 Å². The molecule has 1 aliphatic rings. The van der Waals surface area contributed by atoms with Gasteiger partial charge in [-0.25, -0.2) is 0 Å². The topological polar surface area (TPSA) is 40.7 Å². The zero-order chi connectivity index (χ0) is 11.7. The molecule has 0 radical (unpaired) electrons. The summed E-state index contributed by atoms with van der Waals surface area (Å²) in [5.41, 5.74) is 2.28. The average molecular weight is 312 g/mol. The third-order valence-electron chi connectivity index (χ3n) is 3.19. The van der Waals surface area contributed by atoms with Crippen LogP contribution in [0.5, 0.6) is 0 Å². The number of aromatic amines is 1. The van der Waals surface area contributed by atoms with Crippen LogP contribution in [0, 0.1) is 0 Å². The smallest absolute Gasteiger partial charge is 0.116 e. The molecule has 17 heavy (non-hydrogen) atoms. The van der Waals surface area contributed by atoms with Gasteiger partial charge >= 0.3 is 0 Å². The molecule has 2 N–H and O–H groups in total. The van der Waals surface area contributed by atoms with E-state index in [1.165, 1.54) is 23.4 Å². The molecule has 90 valence electrons. The van der Waals surface area contributed by atoms with E-state index in [0.717, 1.165) is 23.3 Å². The molecule has 5 heteroatoms. The van der Waals surface area contributed by atoms with Crippen LogP contribution in [0.1, 0.15) is 24.5 Å². The number of hydrogen-bond acceptors (Lipinski definition) is 3. The summed E-state index contributed by atoms with van der Waals surface area (Å²) in [7, 11) is 0. The Balaban J connectivity index is 1.92. The summed E-state index contributed by atoms with van der Waals surface area (Å²) >= 11 is 5.42. The molecule has 0 bridgehead atoms. The Morgan fingerprint density at radius 3 is 3.12 bits per heavy atom. The fourth-order valence-electron chi connectivity index (χ4n) is 2.29. The van der Waals surface area contributed by atoms with Gasteiger partial charge in [0.2, 0.25) is 0 Å². The minimum atomic E-state index is 0.555. The van der Waals surface area contributed by atoms with Crippen LogP contribution >= 0.6 is 27.3 Å². The molecule has 1 atom stereocenters. The Morgan fingerprint density at radius 1 is 1.47 bits per heavy atom. The summed E-state index contributed by atoms with van der Waals surface area (Å²) in [6.07, 6.45) is 2.47. The molecule has 2 aromatic heterocycles. The van der Waals surface area contributed by atoms with Crippen LogP contribution < -0.4 is 5.32 Å². The van der Waals surface area contributed by atoms with Gasteiger partial charge in [0, 0.05) is 12.5 Å². The van der Waals surface area contributed by atoms with E-state index in [-0.39, 0.29) is 0 Å². The molecule has 2 aromatic rings. The van der Waals surface area contributed by atoms with Crippen molar-refractivity contribution in [3.8, 4) is 10.6 Å². The maximum absolute atomic E-state index is 4.44. The zero-order valence-corrected chi connectivity index (χ0v) is 11.8. The van der Waals surface area contributed by atoms with Crippen molar-refractivity contribution < 1.29 is 0 Å². The minimum absolute atomic E-state index is 0.555. The molecule has 0 amide bonds. The van der Waals surface area contributed by atoms with Gasteiger partial charge < -0.3 is 5.32 Å². The highest BCUT2D eigenvalue weighted by Gasteiger charge is 2.22. The molecule has 0 aliphatic carbocycles. The number of hydrogen-bond donors (Lipinski definition) is 2. The molecule has 3 rings (SSSR count). The number of rotatable bonds is 2. The van der Waals surface area contributed by atoms with Gasteiger partial charge in [0.15, 0.2) is 0 Å². The molecule has 0 spiro atoms. The standard InChI is InChI=1S/C12H14BrN3S/c13-10-11(8-3-1-5-14-7-8)15-16-12(10)9-4-2-6-17-9/h2,4,6,8,14H,1,3,5,7H2,(H,15,16). The van der Waals surface area contributed by atoms with Crippen molar-refractivity contribution in [2.45, 2.75) is 18.8 Å². The highest BCUT2D eigenvalue weighted by atomic mass is 79.9. The summed E-state index contributed by atoms with van der Waals surface area (Å²) in [6, 6.07) is 4.16. The third-order valence-corrected chi connectivity index (χ3v) is 4.87. The van der Waals surface area contributed by atoms with Crippen molar-refractivity contribution >= 4 is 27.3 Å². The lowest BCUT2D eigenvalue weighted by Gasteiger charge is -2.21. The normalized spacial score (nSPS) is 20.6. The van der Waals surface area contributed by atoms with Crippen LogP contribution in [0.25, 0.3) is 10.6 Å². The van der Waals surface area contributed by atoms with Gasteiger partial charge in [0.1, 0.15) is 5.69 Å². The predicted molar refractivity (Wildman–Crippen MR) is 74.4 cm³/mol. The van der Waals surface area contributed by atoms with Crippen LogP contribution in [0.15, 0.2) is 22.0 Å². The predicted octanol–water partition coefficient (Wildman–Crippen LogP) is 3.37. The first-order chi connectivity index (χ1) is 8.36. The summed E-state index contributed by atoms with van der Waals surface area (Å²) in [4.78, 5) is 1.21. The molecular weight excluding hydrogens is 298 g/mol. The molecule has 0 saturated carbocycles. The van der Waals surface area contributed by atoms with Gasteiger partial charge in [-0.3, -0.25) is 5.10 Å².